The van der Waals surface area contributed by atoms with Crippen LogP contribution in [0.25, 0.3) is 0 Å². The molecule has 8 heteroatoms. The van der Waals surface area contributed by atoms with Gasteiger partial charge in [-0.15, -0.1) is 0 Å². The molecule has 0 aliphatic carbocycles. The van der Waals surface area contributed by atoms with Crippen LogP contribution in [0.2, 0.25) is 0 Å². The summed E-state index contributed by atoms with van der Waals surface area (Å²) in [7, 11) is -2.53. The lowest BCUT2D eigenvalue weighted by molar-refractivity contribution is 0.0952. The highest BCUT2D eigenvalue weighted by molar-refractivity contribution is 7.87. The Kier molecular flexibility index (Phi) is 6.71. The van der Waals surface area contributed by atoms with E-state index in [0.29, 0.717) is 16.9 Å². The highest BCUT2D eigenvalue weighted by Crippen LogP contribution is 2.22. The van der Waals surface area contributed by atoms with E-state index in [4.69, 9.17) is 8.92 Å². The van der Waals surface area contributed by atoms with Crippen LogP contribution in [0, 0.1) is 13.8 Å². The molecule has 0 radical (unpaired) electrons. The smallest absolute Gasteiger partial charge is 0.339 e. The molecule has 0 aromatic heterocycles. The number of aryl methyl sites for hydroxylation is 2. The molecule has 0 heterocycles. The lowest BCUT2D eigenvalue weighted by Crippen LogP contribution is -2.18. The number of methoxy groups -OCH3 is 1. The van der Waals surface area contributed by atoms with Gasteiger partial charge in [0.2, 0.25) is 0 Å². The average Bonchev–Trinajstić information content (AvgIpc) is 2.74. The first-order valence-electron chi connectivity index (χ1n) is 9.38. The maximum atomic E-state index is 12.6. The van der Waals surface area contributed by atoms with Crippen LogP contribution in [-0.4, -0.2) is 27.6 Å². The summed E-state index contributed by atoms with van der Waals surface area (Å²) in [5, 5.41) is 3.94. The lowest BCUT2D eigenvalue weighted by Gasteiger charge is -2.10. The van der Waals surface area contributed by atoms with Gasteiger partial charge in [-0.05, 0) is 55.8 Å². The number of hydrogen-bond donors (Lipinski definition) is 1. The molecule has 31 heavy (non-hydrogen) atoms. The lowest BCUT2D eigenvalue weighted by atomic mass is 10.1. The molecule has 0 saturated carbocycles. The van der Waals surface area contributed by atoms with Crippen molar-refractivity contribution >= 4 is 22.2 Å². The summed E-state index contributed by atoms with van der Waals surface area (Å²) in [4.78, 5) is 12.5. The van der Waals surface area contributed by atoms with E-state index in [-0.39, 0.29) is 10.6 Å². The van der Waals surface area contributed by atoms with Gasteiger partial charge in [-0.3, -0.25) is 4.79 Å². The van der Waals surface area contributed by atoms with Crippen molar-refractivity contribution in [2.45, 2.75) is 18.7 Å². The summed E-state index contributed by atoms with van der Waals surface area (Å²) in [6.45, 7) is 3.76. The maximum absolute atomic E-state index is 12.6. The Hall–Kier alpha value is -3.65. The third-order valence-corrected chi connectivity index (χ3v) is 5.65. The Bertz CT molecular complexity index is 1220. The molecular formula is C23H22N2O5S. The second-order valence-electron chi connectivity index (χ2n) is 6.79. The third kappa shape index (κ3) is 5.49. The molecule has 3 rings (SSSR count). The van der Waals surface area contributed by atoms with Gasteiger partial charge in [0.25, 0.3) is 5.91 Å². The van der Waals surface area contributed by atoms with Crippen molar-refractivity contribution in [1.82, 2.24) is 5.43 Å². The first-order chi connectivity index (χ1) is 14.8. The van der Waals surface area contributed by atoms with E-state index in [2.05, 4.69) is 10.5 Å². The SMILES string of the molecule is COc1cc(C)ccc1C(=O)N/N=C/c1ccccc1OS(=O)(=O)c1ccc(C)cc1. The van der Waals surface area contributed by atoms with Crippen LogP contribution in [0.1, 0.15) is 27.0 Å². The highest BCUT2D eigenvalue weighted by atomic mass is 32.2. The molecule has 0 aliphatic heterocycles. The minimum Gasteiger partial charge on any atom is -0.496 e. The molecule has 7 nitrogen and oxygen atoms in total. The van der Waals surface area contributed by atoms with E-state index < -0.39 is 16.0 Å². The van der Waals surface area contributed by atoms with Crippen molar-refractivity contribution in [2.24, 2.45) is 5.10 Å². The third-order valence-electron chi connectivity index (χ3n) is 4.40. The van der Waals surface area contributed by atoms with Crippen LogP contribution in [0.4, 0.5) is 0 Å². The number of para-hydroxylation sites is 1. The monoisotopic (exact) mass is 438 g/mol. The molecule has 1 N–H and O–H groups in total. The van der Waals surface area contributed by atoms with E-state index in [9.17, 15) is 13.2 Å². The van der Waals surface area contributed by atoms with Gasteiger partial charge >= 0.3 is 10.1 Å². The van der Waals surface area contributed by atoms with E-state index >= 15 is 0 Å². The van der Waals surface area contributed by atoms with Crippen LogP contribution >= 0.6 is 0 Å². The molecule has 0 atom stereocenters. The minimum absolute atomic E-state index is 0.0459. The average molecular weight is 439 g/mol. The number of carbonyl (C=O) groups excluding carboxylic acids is 1. The fraction of sp³-hybridized carbons (Fsp3) is 0.130. The van der Waals surface area contributed by atoms with Crippen LogP contribution in [0.15, 0.2) is 76.7 Å². The Morgan fingerprint density at radius 1 is 0.935 bits per heavy atom. The van der Waals surface area contributed by atoms with Crippen molar-refractivity contribution in [2.75, 3.05) is 7.11 Å². The zero-order valence-corrected chi connectivity index (χ0v) is 18.1. The Morgan fingerprint density at radius 3 is 2.32 bits per heavy atom. The second-order valence-corrected chi connectivity index (χ2v) is 8.34. The van der Waals surface area contributed by atoms with Gasteiger partial charge in [0.15, 0.2) is 5.75 Å². The Balaban J connectivity index is 1.77. The van der Waals surface area contributed by atoms with E-state index in [1.54, 1.807) is 48.5 Å². The first kappa shape index (κ1) is 22.0. The van der Waals surface area contributed by atoms with E-state index in [0.717, 1.165) is 11.1 Å². The molecular weight excluding hydrogens is 416 g/mol. The fourth-order valence-corrected chi connectivity index (χ4v) is 3.69. The van der Waals surface area contributed by atoms with Gasteiger partial charge < -0.3 is 8.92 Å². The molecule has 3 aromatic rings. The number of ether oxygens (including phenoxy) is 1. The Morgan fingerprint density at radius 2 is 1.61 bits per heavy atom. The number of nitrogens with one attached hydrogen (secondary N) is 1. The first-order valence-corrected chi connectivity index (χ1v) is 10.8. The van der Waals surface area contributed by atoms with Gasteiger partial charge in [0, 0.05) is 5.56 Å². The number of hydrogen-bond acceptors (Lipinski definition) is 6. The largest absolute Gasteiger partial charge is 0.496 e. The van der Waals surface area contributed by atoms with Crippen molar-refractivity contribution in [1.29, 1.82) is 0 Å². The van der Waals surface area contributed by atoms with Gasteiger partial charge in [-0.25, -0.2) is 5.43 Å². The molecule has 0 fully saturated rings. The molecule has 0 unspecified atom stereocenters. The van der Waals surface area contributed by atoms with Crippen LogP contribution in [0.5, 0.6) is 11.5 Å². The number of benzene rings is 3. The number of amides is 1. The summed E-state index contributed by atoms with van der Waals surface area (Å²) in [6.07, 6.45) is 1.32. The predicted molar refractivity (Wildman–Crippen MR) is 118 cm³/mol. The van der Waals surface area contributed by atoms with Gasteiger partial charge in [0.05, 0.1) is 18.9 Å². The maximum Gasteiger partial charge on any atom is 0.339 e. The fourth-order valence-electron chi connectivity index (χ4n) is 2.74. The van der Waals surface area contributed by atoms with Gasteiger partial charge in [-0.2, -0.15) is 13.5 Å². The Labute approximate surface area is 181 Å². The quantitative estimate of drug-likeness (QED) is 0.344. The molecule has 3 aromatic carbocycles. The highest BCUT2D eigenvalue weighted by Gasteiger charge is 2.18. The van der Waals surface area contributed by atoms with Crippen molar-refractivity contribution < 1.29 is 22.1 Å². The normalized spacial score (nSPS) is 11.3. The predicted octanol–water partition coefficient (Wildman–Crippen LogP) is 3.84. The standard InChI is InChI=1S/C23H22N2O5S/c1-16-8-11-19(12-9-16)31(27,28)30-21-7-5-4-6-18(21)15-24-25-23(26)20-13-10-17(2)14-22(20)29-3/h4-15H,1-3H3,(H,25,26)/b24-15+. The summed E-state index contributed by atoms with van der Waals surface area (Å²) < 4.78 is 35.7. The van der Waals surface area contributed by atoms with Crippen molar-refractivity contribution in [3.63, 3.8) is 0 Å². The summed E-state index contributed by atoms with van der Waals surface area (Å²) >= 11 is 0. The summed E-state index contributed by atoms with van der Waals surface area (Å²) in [5.41, 5.74) is 5.02. The molecule has 0 bridgehead atoms. The van der Waals surface area contributed by atoms with Crippen LogP contribution in [0.3, 0.4) is 0 Å². The topological polar surface area (TPSA) is 94.1 Å². The van der Waals surface area contributed by atoms with Crippen LogP contribution < -0.4 is 14.3 Å². The van der Waals surface area contributed by atoms with Crippen molar-refractivity contribution in [3.05, 3.63) is 89.0 Å². The van der Waals surface area contributed by atoms with Gasteiger partial charge in [0.1, 0.15) is 10.6 Å². The molecule has 0 aliphatic rings. The molecule has 1 amide bonds. The summed E-state index contributed by atoms with van der Waals surface area (Å²) in [6, 6.07) is 18.0. The molecule has 160 valence electrons. The number of hydrazone groups is 1. The molecule has 0 spiro atoms. The van der Waals surface area contributed by atoms with Gasteiger partial charge in [-0.1, -0.05) is 35.9 Å². The van der Waals surface area contributed by atoms with E-state index in [1.165, 1.54) is 31.5 Å². The number of rotatable bonds is 7. The minimum atomic E-state index is -4.02. The molecule has 0 saturated heterocycles. The number of nitrogens with zero attached hydrogens (tertiary/aromatic N) is 1. The van der Waals surface area contributed by atoms with Crippen LogP contribution in [-0.2, 0) is 10.1 Å². The second kappa shape index (κ2) is 9.44. The van der Waals surface area contributed by atoms with Crippen molar-refractivity contribution in [3.8, 4) is 11.5 Å². The zero-order valence-electron chi connectivity index (χ0n) is 17.3. The summed E-state index contributed by atoms with van der Waals surface area (Å²) in [5.74, 6) is 0.0633. The zero-order chi connectivity index (χ0) is 22.4. The van der Waals surface area contributed by atoms with E-state index in [1.807, 2.05) is 13.8 Å². The number of carbonyl (C=O) groups is 1.